The Bertz CT molecular complexity index is 1680. The van der Waals surface area contributed by atoms with Crippen molar-refractivity contribution in [3.05, 3.63) is 66.0 Å². The maximum absolute atomic E-state index is 14.2. The zero-order chi connectivity index (χ0) is 32.6. The zero-order valence-corrected chi connectivity index (χ0v) is 25.4. The normalized spacial score (nSPS) is 27.3. The molecule has 244 valence electrons. The predicted octanol–water partition coefficient (Wildman–Crippen LogP) is 5.76. The lowest BCUT2D eigenvalue weighted by Gasteiger charge is -2.30. The fourth-order valence-electron chi connectivity index (χ4n) is 6.20. The number of aromatic nitrogens is 1. The van der Waals surface area contributed by atoms with Crippen molar-refractivity contribution in [1.29, 1.82) is 0 Å². The van der Waals surface area contributed by atoms with Gasteiger partial charge in [-0.05, 0) is 62.1 Å². The molecule has 0 spiro atoms. The highest BCUT2D eigenvalue weighted by Gasteiger charge is 2.61. The number of thiazole rings is 1. The number of fused-ring (bicyclic) bond motifs is 3. The second kappa shape index (κ2) is 12.5. The number of anilines is 1. The Balaban J connectivity index is 1.30. The molecular weight excluding hydrogens is 628 g/mol. The van der Waals surface area contributed by atoms with Crippen LogP contribution in [0.4, 0.5) is 23.2 Å². The number of benzene rings is 2. The first-order valence-electron chi connectivity index (χ1n) is 15.1. The number of aliphatic carboxylic acids is 1. The second-order valence-electron chi connectivity index (χ2n) is 12.0. The Kier molecular flexibility index (Phi) is 8.66. The summed E-state index contributed by atoms with van der Waals surface area (Å²) in [5.41, 5.74) is -1.73. The number of hydrogen-bond acceptors (Lipinski definition) is 7. The molecule has 2 amide bonds. The van der Waals surface area contributed by atoms with Gasteiger partial charge in [-0.1, -0.05) is 42.4 Å². The van der Waals surface area contributed by atoms with Gasteiger partial charge in [0.05, 0.1) is 22.3 Å². The summed E-state index contributed by atoms with van der Waals surface area (Å²) in [6, 6.07) is 6.62. The quantitative estimate of drug-likeness (QED) is 0.235. The van der Waals surface area contributed by atoms with Crippen LogP contribution in [0.1, 0.15) is 50.5 Å². The molecular formula is C32H32F4N4O5S. The van der Waals surface area contributed by atoms with Gasteiger partial charge >= 0.3 is 12.1 Å². The van der Waals surface area contributed by atoms with E-state index in [1.54, 1.807) is 0 Å². The van der Waals surface area contributed by atoms with Gasteiger partial charge in [0, 0.05) is 18.0 Å². The third-order valence-electron chi connectivity index (χ3n) is 8.75. The molecule has 3 heterocycles. The summed E-state index contributed by atoms with van der Waals surface area (Å²) in [6.07, 6.45) is 1.73. The fraction of sp³-hybridized carbons (Fsp3) is 0.438. The molecule has 1 saturated heterocycles. The lowest BCUT2D eigenvalue weighted by atomic mass is 10.0. The van der Waals surface area contributed by atoms with Crippen LogP contribution in [-0.4, -0.2) is 63.0 Å². The van der Waals surface area contributed by atoms with E-state index in [0.717, 1.165) is 36.3 Å². The smallest absolute Gasteiger partial charge is 0.416 e. The van der Waals surface area contributed by atoms with Crippen molar-refractivity contribution < 1.29 is 41.8 Å². The Morgan fingerprint density at radius 2 is 1.98 bits per heavy atom. The molecule has 1 saturated carbocycles. The second-order valence-corrected chi connectivity index (χ2v) is 13.0. The van der Waals surface area contributed by atoms with Crippen molar-refractivity contribution in [2.45, 2.75) is 74.8 Å². The van der Waals surface area contributed by atoms with Crippen LogP contribution in [0.2, 0.25) is 0 Å². The van der Waals surface area contributed by atoms with E-state index in [-0.39, 0.29) is 30.3 Å². The maximum Gasteiger partial charge on any atom is 0.416 e. The Hall–Kier alpha value is -4.20. The molecule has 6 rings (SSSR count). The molecule has 0 unspecified atom stereocenters. The van der Waals surface area contributed by atoms with Gasteiger partial charge in [0.1, 0.15) is 29.5 Å². The number of carbonyl (C=O) groups is 3. The molecule has 14 heteroatoms. The van der Waals surface area contributed by atoms with E-state index in [2.05, 4.69) is 15.6 Å². The van der Waals surface area contributed by atoms with Gasteiger partial charge in [-0.2, -0.15) is 13.2 Å². The van der Waals surface area contributed by atoms with Crippen LogP contribution in [0.3, 0.4) is 0 Å². The number of hydrogen-bond donors (Lipinski definition) is 3. The molecule has 5 atom stereocenters. The number of halogens is 4. The Morgan fingerprint density at radius 3 is 2.76 bits per heavy atom. The summed E-state index contributed by atoms with van der Waals surface area (Å²) >= 11 is 1.11. The van der Waals surface area contributed by atoms with Crippen LogP contribution in [-0.2, 0) is 20.6 Å². The molecule has 2 aromatic carbocycles. The molecule has 3 aliphatic rings. The lowest BCUT2D eigenvalue weighted by Crippen LogP contribution is -2.55. The van der Waals surface area contributed by atoms with Crippen LogP contribution in [0.5, 0.6) is 5.19 Å². The summed E-state index contributed by atoms with van der Waals surface area (Å²) in [4.78, 5) is 46.0. The molecule has 2 fully saturated rings. The third kappa shape index (κ3) is 6.67. The van der Waals surface area contributed by atoms with E-state index in [9.17, 15) is 37.1 Å². The van der Waals surface area contributed by atoms with Crippen molar-refractivity contribution in [1.82, 2.24) is 15.2 Å². The standard InChI is InChI=1S/C32H32F4N4O5S/c33-20-11-12-23-26(14-20)46-30(38-23)45-22-15-25-27(41)39-31(29(43)44)16-19(31)7-4-2-1-3-5-10-24(28(42)40(25)17-22)37-21-9-6-8-18(13-21)32(34,35)36/h4,6-9,11-14,19,22,24-25,37H,1-3,5,10,15-17H2,(H,39,41)(H,43,44)/t19-,22-,24+,25+,31-/m1/s1. The van der Waals surface area contributed by atoms with Crippen LogP contribution < -0.4 is 15.4 Å². The number of rotatable bonds is 5. The van der Waals surface area contributed by atoms with Gasteiger partial charge in [0.25, 0.3) is 5.19 Å². The predicted molar refractivity (Wildman–Crippen MR) is 162 cm³/mol. The first-order chi connectivity index (χ1) is 21.9. The Morgan fingerprint density at radius 1 is 1.15 bits per heavy atom. The Labute approximate surface area is 265 Å². The number of amides is 2. The molecule has 3 N–H and O–H groups in total. The molecule has 0 radical (unpaired) electrons. The number of carboxylic acids is 1. The number of nitrogens with one attached hydrogen (secondary N) is 2. The van der Waals surface area contributed by atoms with Crippen LogP contribution in [0, 0.1) is 11.7 Å². The summed E-state index contributed by atoms with van der Waals surface area (Å²) < 4.78 is 60.7. The number of carboxylic acid groups (broad SMARTS) is 1. The molecule has 0 bridgehead atoms. The van der Waals surface area contributed by atoms with Gasteiger partial charge in [0.15, 0.2) is 0 Å². The summed E-state index contributed by atoms with van der Waals surface area (Å²) in [5.74, 6) is -3.17. The van der Waals surface area contributed by atoms with Gasteiger partial charge in [0.2, 0.25) is 11.8 Å². The third-order valence-corrected chi connectivity index (χ3v) is 9.66. The SMILES string of the molecule is O=C1N[C@]2(C(=O)O)C[C@H]2C=CCCCCC[C@H](Nc2cccc(C(F)(F)F)c2)C(=O)N2C[C@H](Oc3nc4ccc(F)cc4s3)C[C@@H]12. The van der Waals surface area contributed by atoms with Crippen LogP contribution >= 0.6 is 11.3 Å². The number of ether oxygens (including phenoxy) is 1. The summed E-state index contributed by atoms with van der Waals surface area (Å²) in [7, 11) is 0. The van der Waals surface area contributed by atoms with Gasteiger partial charge in [-0.3, -0.25) is 9.59 Å². The molecule has 3 aromatic rings. The molecule has 1 aliphatic carbocycles. The maximum atomic E-state index is 14.2. The zero-order valence-electron chi connectivity index (χ0n) is 24.6. The number of carbonyl (C=O) groups excluding carboxylic acids is 2. The molecule has 2 aliphatic heterocycles. The van der Waals surface area contributed by atoms with E-state index in [1.807, 2.05) is 12.2 Å². The molecule has 46 heavy (non-hydrogen) atoms. The van der Waals surface area contributed by atoms with Gasteiger partial charge in [-0.15, -0.1) is 0 Å². The molecule has 1 aromatic heterocycles. The average molecular weight is 661 g/mol. The van der Waals surface area contributed by atoms with Crippen molar-refractivity contribution in [2.24, 2.45) is 5.92 Å². The average Bonchev–Trinajstić information content (AvgIpc) is 3.32. The minimum atomic E-state index is -4.58. The minimum Gasteiger partial charge on any atom is -0.479 e. The first-order valence-corrected chi connectivity index (χ1v) is 15.9. The van der Waals surface area contributed by atoms with E-state index >= 15 is 0 Å². The largest absolute Gasteiger partial charge is 0.479 e. The monoisotopic (exact) mass is 660 g/mol. The number of nitrogens with zero attached hydrogens (tertiary/aromatic N) is 2. The summed E-state index contributed by atoms with van der Waals surface area (Å²) in [5, 5.41) is 15.9. The van der Waals surface area contributed by atoms with Crippen LogP contribution in [0.15, 0.2) is 54.6 Å². The fourth-order valence-corrected chi connectivity index (χ4v) is 7.11. The van der Waals surface area contributed by atoms with E-state index < -0.39 is 65.0 Å². The lowest BCUT2D eigenvalue weighted by molar-refractivity contribution is -0.145. The summed E-state index contributed by atoms with van der Waals surface area (Å²) in [6.45, 7) is -0.0502. The van der Waals surface area contributed by atoms with Gasteiger partial charge < -0.3 is 25.4 Å². The molecule has 9 nitrogen and oxygen atoms in total. The van der Waals surface area contributed by atoms with E-state index in [4.69, 9.17) is 4.74 Å². The van der Waals surface area contributed by atoms with E-state index in [0.29, 0.717) is 29.5 Å². The highest BCUT2D eigenvalue weighted by molar-refractivity contribution is 7.20. The minimum absolute atomic E-state index is 0.0222. The van der Waals surface area contributed by atoms with Gasteiger partial charge in [-0.25, -0.2) is 14.2 Å². The highest BCUT2D eigenvalue weighted by Crippen LogP contribution is 2.45. The van der Waals surface area contributed by atoms with E-state index in [1.165, 1.54) is 35.2 Å². The first kappa shape index (κ1) is 31.8. The topological polar surface area (TPSA) is 121 Å². The highest BCUT2D eigenvalue weighted by atomic mass is 32.1. The van der Waals surface area contributed by atoms with Crippen molar-refractivity contribution in [2.75, 3.05) is 11.9 Å². The number of alkyl halides is 3. The van der Waals surface area contributed by atoms with Crippen molar-refractivity contribution in [3.8, 4) is 5.19 Å². The number of allylic oxidation sites excluding steroid dienone is 1. The van der Waals surface area contributed by atoms with Crippen molar-refractivity contribution in [3.63, 3.8) is 0 Å². The van der Waals surface area contributed by atoms with Crippen LogP contribution in [0.25, 0.3) is 10.2 Å². The van der Waals surface area contributed by atoms with Crippen molar-refractivity contribution >= 4 is 45.0 Å².